The van der Waals surface area contributed by atoms with Gasteiger partial charge in [-0.05, 0) is 44.6 Å². The van der Waals surface area contributed by atoms with E-state index in [1.807, 2.05) is 0 Å². The van der Waals surface area contributed by atoms with Crippen LogP contribution in [-0.2, 0) is 9.47 Å². The van der Waals surface area contributed by atoms with Gasteiger partial charge in [0.2, 0.25) is 0 Å². The van der Waals surface area contributed by atoms with Crippen molar-refractivity contribution < 1.29 is 9.47 Å². The second-order valence-electron chi connectivity index (χ2n) is 4.74. The molecule has 0 bridgehead atoms. The first-order valence-electron chi connectivity index (χ1n) is 6.35. The first-order chi connectivity index (χ1) is 7.45. The third-order valence-corrected chi connectivity index (χ3v) is 3.33. The van der Waals surface area contributed by atoms with Gasteiger partial charge in [0.1, 0.15) is 0 Å². The van der Waals surface area contributed by atoms with Gasteiger partial charge in [0, 0.05) is 13.2 Å². The van der Waals surface area contributed by atoms with Crippen LogP contribution in [0.3, 0.4) is 0 Å². The van der Waals surface area contributed by atoms with Crippen LogP contribution < -0.4 is 5.32 Å². The topological polar surface area (TPSA) is 30.5 Å². The minimum atomic E-state index is 0.371. The van der Waals surface area contributed by atoms with Gasteiger partial charge < -0.3 is 14.8 Å². The van der Waals surface area contributed by atoms with E-state index in [2.05, 4.69) is 5.32 Å². The number of ether oxygens (including phenoxy) is 2. The predicted octanol–water partition coefficient (Wildman–Crippen LogP) is 1.57. The average Bonchev–Trinajstić information content (AvgIpc) is 2.32. The van der Waals surface area contributed by atoms with Gasteiger partial charge in [0.25, 0.3) is 0 Å². The minimum Gasteiger partial charge on any atom is -0.378 e. The quantitative estimate of drug-likeness (QED) is 0.769. The molecule has 3 heteroatoms. The summed E-state index contributed by atoms with van der Waals surface area (Å²) in [7, 11) is 0. The van der Waals surface area contributed by atoms with Gasteiger partial charge >= 0.3 is 0 Å². The van der Waals surface area contributed by atoms with Crippen molar-refractivity contribution in [2.24, 2.45) is 5.92 Å². The van der Waals surface area contributed by atoms with Gasteiger partial charge in [-0.3, -0.25) is 0 Å². The lowest BCUT2D eigenvalue weighted by Crippen LogP contribution is -2.33. The summed E-state index contributed by atoms with van der Waals surface area (Å²) in [5, 5.41) is 3.41. The Morgan fingerprint density at radius 3 is 2.87 bits per heavy atom. The molecule has 2 fully saturated rings. The van der Waals surface area contributed by atoms with Gasteiger partial charge in [-0.25, -0.2) is 0 Å². The van der Waals surface area contributed by atoms with Crippen molar-refractivity contribution in [1.82, 2.24) is 5.32 Å². The third-order valence-electron chi connectivity index (χ3n) is 3.33. The first-order valence-corrected chi connectivity index (χ1v) is 6.35. The molecule has 2 saturated heterocycles. The normalized spacial score (nSPS) is 32.8. The molecular formula is C12H23NO2. The van der Waals surface area contributed by atoms with Crippen molar-refractivity contribution in [3.8, 4) is 0 Å². The van der Waals surface area contributed by atoms with Crippen molar-refractivity contribution >= 4 is 0 Å². The van der Waals surface area contributed by atoms with Crippen LogP contribution in [0.5, 0.6) is 0 Å². The van der Waals surface area contributed by atoms with E-state index in [1.165, 1.54) is 38.6 Å². The highest BCUT2D eigenvalue weighted by atomic mass is 16.5. The van der Waals surface area contributed by atoms with E-state index in [4.69, 9.17) is 9.47 Å². The Kier molecular flexibility index (Phi) is 4.90. The second-order valence-corrected chi connectivity index (χ2v) is 4.74. The van der Waals surface area contributed by atoms with E-state index in [1.54, 1.807) is 0 Å². The number of nitrogens with one attached hydrogen (secondary N) is 1. The predicted molar refractivity (Wildman–Crippen MR) is 60.0 cm³/mol. The first kappa shape index (κ1) is 11.4. The average molecular weight is 213 g/mol. The molecule has 1 N–H and O–H groups in total. The van der Waals surface area contributed by atoms with E-state index in [0.717, 1.165) is 32.3 Å². The van der Waals surface area contributed by atoms with Crippen molar-refractivity contribution in [3.05, 3.63) is 0 Å². The second kappa shape index (κ2) is 6.46. The lowest BCUT2D eigenvalue weighted by atomic mass is 10.0. The molecule has 0 aromatic carbocycles. The van der Waals surface area contributed by atoms with Crippen molar-refractivity contribution in [1.29, 1.82) is 0 Å². The summed E-state index contributed by atoms with van der Waals surface area (Å²) < 4.78 is 11.4. The fourth-order valence-electron chi connectivity index (χ4n) is 2.37. The summed E-state index contributed by atoms with van der Waals surface area (Å²) >= 11 is 0. The Morgan fingerprint density at radius 1 is 1.13 bits per heavy atom. The fourth-order valence-corrected chi connectivity index (χ4v) is 2.37. The lowest BCUT2D eigenvalue weighted by Gasteiger charge is -2.25. The van der Waals surface area contributed by atoms with E-state index < -0.39 is 0 Å². The van der Waals surface area contributed by atoms with E-state index in [9.17, 15) is 0 Å². The van der Waals surface area contributed by atoms with Gasteiger partial charge in [-0.15, -0.1) is 0 Å². The zero-order valence-corrected chi connectivity index (χ0v) is 9.54. The van der Waals surface area contributed by atoms with Crippen LogP contribution in [0.4, 0.5) is 0 Å². The maximum absolute atomic E-state index is 5.75. The lowest BCUT2D eigenvalue weighted by molar-refractivity contribution is -0.0479. The van der Waals surface area contributed by atoms with Crippen LogP contribution in [-0.4, -0.2) is 39.0 Å². The monoisotopic (exact) mass is 213 g/mol. The van der Waals surface area contributed by atoms with Crippen molar-refractivity contribution in [2.45, 2.75) is 38.2 Å². The largest absolute Gasteiger partial charge is 0.378 e. The van der Waals surface area contributed by atoms with Crippen LogP contribution in [0, 0.1) is 5.92 Å². The standard InChI is InChI=1S/C12H23NO2/c1-2-7-15-12(5-1)10-14-9-11-4-3-6-13-8-11/h11-13H,1-10H2. The number of rotatable bonds is 4. The van der Waals surface area contributed by atoms with Gasteiger partial charge in [-0.1, -0.05) is 0 Å². The zero-order chi connectivity index (χ0) is 10.3. The Hall–Kier alpha value is -0.120. The zero-order valence-electron chi connectivity index (χ0n) is 9.54. The van der Waals surface area contributed by atoms with Crippen LogP contribution in [0.25, 0.3) is 0 Å². The highest BCUT2D eigenvalue weighted by Gasteiger charge is 2.16. The Bertz CT molecular complexity index is 145. The molecule has 88 valence electrons. The number of hydrogen-bond acceptors (Lipinski definition) is 3. The molecule has 0 saturated carbocycles. The summed E-state index contributed by atoms with van der Waals surface area (Å²) in [5.74, 6) is 0.724. The van der Waals surface area contributed by atoms with Crippen LogP contribution in [0.2, 0.25) is 0 Å². The molecule has 2 unspecified atom stereocenters. The number of piperidine rings is 1. The molecule has 0 aromatic rings. The summed E-state index contributed by atoms with van der Waals surface area (Å²) in [4.78, 5) is 0. The summed E-state index contributed by atoms with van der Waals surface area (Å²) in [6.07, 6.45) is 6.70. The highest BCUT2D eigenvalue weighted by molar-refractivity contribution is 4.69. The fraction of sp³-hybridized carbons (Fsp3) is 1.00. The Labute approximate surface area is 92.5 Å². The molecule has 0 radical (unpaired) electrons. The van der Waals surface area contributed by atoms with Gasteiger partial charge in [0.15, 0.2) is 0 Å². The molecule has 0 amide bonds. The molecule has 2 atom stereocenters. The summed E-state index contributed by atoms with van der Waals surface area (Å²) in [5.41, 5.74) is 0. The molecule has 2 heterocycles. The van der Waals surface area contributed by atoms with Crippen molar-refractivity contribution in [2.75, 3.05) is 32.9 Å². The third kappa shape index (κ3) is 4.09. The molecule has 0 aliphatic carbocycles. The number of hydrogen-bond donors (Lipinski definition) is 1. The van der Waals surface area contributed by atoms with Gasteiger partial charge in [0.05, 0.1) is 19.3 Å². The van der Waals surface area contributed by atoms with Crippen LogP contribution in [0.15, 0.2) is 0 Å². The highest BCUT2D eigenvalue weighted by Crippen LogP contribution is 2.14. The summed E-state index contributed by atoms with van der Waals surface area (Å²) in [6.45, 7) is 4.95. The molecule has 15 heavy (non-hydrogen) atoms. The van der Waals surface area contributed by atoms with E-state index in [0.29, 0.717) is 6.10 Å². The Balaban J connectivity index is 1.53. The van der Waals surface area contributed by atoms with Gasteiger partial charge in [-0.2, -0.15) is 0 Å². The molecule has 2 rings (SSSR count). The molecule has 3 nitrogen and oxygen atoms in total. The SMILES string of the molecule is C1CCC(COCC2CCCNC2)OC1. The molecule has 0 spiro atoms. The molecule has 2 aliphatic heterocycles. The van der Waals surface area contributed by atoms with E-state index >= 15 is 0 Å². The van der Waals surface area contributed by atoms with Crippen LogP contribution >= 0.6 is 0 Å². The molecular weight excluding hydrogens is 190 g/mol. The van der Waals surface area contributed by atoms with Crippen LogP contribution in [0.1, 0.15) is 32.1 Å². The molecule has 2 aliphatic rings. The van der Waals surface area contributed by atoms with E-state index in [-0.39, 0.29) is 0 Å². The molecule has 0 aromatic heterocycles. The van der Waals surface area contributed by atoms with Crippen molar-refractivity contribution in [3.63, 3.8) is 0 Å². The minimum absolute atomic E-state index is 0.371. The maximum atomic E-state index is 5.75. The maximum Gasteiger partial charge on any atom is 0.0808 e. The Morgan fingerprint density at radius 2 is 2.13 bits per heavy atom. The smallest absolute Gasteiger partial charge is 0.0808 e. The summed E-state index contributed by atoms with van der Waals surface area (Å²) in [6, 6.07) is 0.